The molecular formula is C11H17N. The van der Waals surface area contributed by atoms with Gasteiger partial charge in [0.05, 0.1) is 0 Å². The number of aryl methyl sites for hydroxylation is 2. The summed E-state index contributed by atoms with van der Waals surface area (Å²) >= 11 is 0. The van der Waals surface area contributed by atoms with E-state index < -0.39 is 0 Å². The minimum Gasteiger partial charge on any atom is -0.326 e. The van der Waals surface area contributed by atoms with Crippen LogP contribution in [0.5, 0.6) is 0 Å². The van der Waals surface area contributed by atoms with Crippen molar-refractivity contribution in [3.05, 3.63) is 34.9 Å². The van der Waals surface area contributed by atoms with Gasteiger partial charge in [-0.3, -0.25) is 0 Å². The first-order valence-corrected chi connectivity index (χ1v) is 4.56. The summed E-state index contributed by atoms with van der Waals surface area (Å²) in [6.45, 7) is 4.96. The van der Waals surface area contributed by atoms with Crippen LogP contribution in [0.15, 0.2) is 18.2 Å². The van der Waals surface area contributed by atoms with Crippen molar-refractivity contribution < 1.29 is 0 Å². The fraction of sp³-hybridized carbons (Fsp3) is 0.455. The molecule has 1 rings (SSSR count). The van der Waals surface area contributed by atoms with Gasteiger partial charge in [-0.05, 0) is 30.0 Å². The summed E-state index contributed by atoms with van der Waals surface area (Å²) in [4.78, 5) is 0. The Morgan fingerprint density at radius 2 is 2.08 bits per heavy atom. The molecule has 0 bridgehead atoms. The molecule has 2 N–H and O–H groups in total. The molecule has 0 amide bonds. The van der Waals surface area contributed by atoms with E-state index in [2.05, 4.69) is 32.0 Å². The highest BCUT2D eigenvalue weighted by Crippen LogP contribution is 2.11. The van der Waals surface area contributed by atoms with E-state index in [0.717, 1.165) is 6.42 Å². The Morgan fingerprint density at radius 3 is 2.67 bits per heavy atom. The summed E-state index contributed by atoms with van der Waals surface area (Å²) in [5, 5.41) is 0. The molecule has 12 heavy (non-hydrogen) atoms. The van der Waals surface area contributed by atoms with Crippen molar-refractivity contribution in [2.24, 2.45) is 5.73 Å². The average Bonchev–Trinajstić information content (AvgIpc) is 2.09. The minimum absolute atomic E-state index is 0.656. The molecule has 0 aliphatic heterocycles. The molecule has 0 aromatic heterocycles. The van der Waals surface area contributed by atoms with Gasteiger partial charge in [-0.1, -0.05) is 31.5 Å². The van der Waals surface area contributed by atoms with Gasteiger partial charge in [0.15, 0.2) is 0 Å². The molecule has 0 heterocycles. The smallest absolute Gasteiger partial charge is 0.0180 e. The minimum atomic E-state index is 0.656. The first-order valence-electron chi connectivity index (χ1n) is 4.56. The summed E-state index contributed by atoms with van der Waals surface area (Å²) in [5.74, 6) is 0. The van der Waals surface area contributed by atoms with E-state index in [1.165, 1.54) is 23.1 Å². The zero-order valence-electron chi connectivity index (χ0n) is 7.93. The molecule has 1 nitrogen and oxygen atoms in total. The molecule has 1 heteroatoms. The SMILES string of the molecule is CCCc1ccc(C)c(CN)c1. The van der Waals surface area contributed by atoms with Crippen LogP contribution in [0.4, 0.5) is 0 Å². The molecule has 66 valence electrons. The fourth-order valence-electron chi connectivity index (χ4n) is 1.39. The van der Waals surface area contributed by atoms with Crippen LogP contribution in [0.1, 0.15) is 30.0 Å². The number of benzene rings is 1. The predicted octanol–water partition coefficient (Wildman–Crippen LogP) is 2.41. The van der Waals surface area contributed by atoms with Crippen LogP contribution in [0, 0.1) is 6.92 Å². The van der Waals surface area contributed by atoms with E-state index in [1.807, 2.05) is 0 Å². The van der Waals surface area contributed by atoms with Crippen molar-refractivity contribution in [2.75, 3.05) is 0 Å². The topological polar surface area (TPSA) is 26.0 Å². The molecule has 0 aliphatic rings. The van der Waals surface area contributed by atoms with Crippen molar-refractivity contribution in [3.8, 4) is 0 Å². The molecule has 1 aromatic rings. The number of hydrogen-bond acceptors (Lipinski definition) is 1. The Bertz CT molecular complexity index is 253. The third-order valence-corrected chi connectivity index (χ3v) is 2.17. The molecule has 0 saturated carbocycles. The van der Waals surface area contributed by atoms with E-state index in [0.29, 0.717) is 6.54 Å². The summed E-state index contributed by atoms with van der Waals surface area (Å²) in [5.41, 5.74) is 9.60. The normalized spacial score (nSPS) is 10.2. The first kappa shape index (κ1) is 9.27. The lowest BCUT2D eigenvalue weighted by atomic mass is 10.0. The lowest BCUT2D eigenvalue weighted by Crippen LogP contribution is -2.00. The standard InChI is InChI=1S/C11H17N/c1-3-4-10-6-5-9(2)11(7-10)8-12/h5-7H,3-4,8,12H2,1-2H3. The van der Waals surface area contributed by atoms with Crippen LogP contribution in [0.3, 0.4) is 0 Å². The van der Waals surface area contributed by atoms with Crippen LogP contribution < -0.4 is 5.73 Å². The second-order valence-electron chi connectivity index (χ2n) is 3.21. The molecular weight excluding hydrogens is 146 g/mol. The molecule has 0 unspecified atom stereocenters. The van der Waals surface area contributed by atoms with Gasteiger partial charge in [-0.25, -0.2) is 0 Å². The maximum absolute atomic E-state index is 5.62. The summed E-state index contributed by atoms with van der Waals surface area (Å²) in [6, 6.07) is 6.57. The van der Waals surface area contributed by atoms with E-state index in [9.17, 15) is 0 Å². The first-order chi connectivity index (χ1) is 5.77. The molecule has 1 aromatic carbocycles. The van der Waals surface area contributed by atoms with Crippen molar-refractivity contribution in [3.63, 3.8) is 0 Å². The van der Waals surface area contributed by atoms with Gasteiger partial charge in [0.2, 0.25) is 0 Å². The highest BCUT2D eigenvalue weighted by atomic mass is 14.5. The van der Waals surface area contributed by atoms with E-state index >= 15 is 0 Å². The van der Waals surface area contributed by atoms with Gasteiger partial charge in [0.1, 0.15) is 0 Å². The van der Waals surface area contributed by atoms with Crippen molar-refractivity contribution in [1.29, 1.82) is 0 Å². The van der Waals surface area contributed by atoms with Gasteiger partial charge in [-0.15, -0.1) is 0 Å². The average molecular weight is 163 g/mol. The molecule has 0 aliphatic carbocycles. The molecule has 0 spiro atoms. The quantitative estimate of drug-likeness (QED) is 0.727. The summed E-state index contributed by atoms with van der Waals surface area (Å²) in [6.07, 6.45) is 2.36. The number of nitrogens with two attached hydrogens (primary N) is 1. The van der Waals surface area contributed by atoms with Gasteiger partial charge < -0.3 is 5.73 Å². The van der Waals surface area contributed by atoms with Crippen molar-refractivity contribution in [1.82, 2.24) is 0 Å². The van der Waals surface area contributed by atoms with E-state index in [-0.39, 0.29) is 0 Å². The zero-order chi connectivity index (χ0) is 8.97. The van der Waals surface area contributed by atoms with Gasteiger partial charge in [0.25, 0.3) is 0 Å². The fourth-order valence-corrected chi connectivity index (χ4v) is 1.39. The summed E-state index contributed by atoms with van der Waals surface area (Å²) in [7, 11) is 0. The highest BCUT2D eigenvalue weighted by molar-refractivity contribution is 5.30. The lowest BCUT2D eigenvalue weighted by Gasteiger charge is -2.05. The third kappa shape index (κ3) is 2.08. The second kappa shape index (κ2) is 4.27. The Balaban J connectivity index is 2.89. The number of hydrogen-bond donors (Lipinski definition) is 1. The van der Waals surface area contributed by atoms with Gasteiger partial charge in [0, 0.05) is 6.54 Å². The van der Waals surface area contributed by atoms with Crippen LogP contribution in [-0.4, -0.2) is 0 Å². The Kier molecular flexibility index (Phi) is 3.30. The molecule has 0 radical (unpaired) electrons. The molecule has 0 atom stereocenters. The van der Waals surface area contributed by atoms with Gasteiger partial charge in [-0.2, -0.15) is 0 Å². The van der Waals surface area contributed by atoms with E-state index in [1.54, 1.807) is 0 Å². The van der Waals surface area contributed by atoms with Gasteiger partial charge >= 0.3 is 0 Å². The maximum Gasteiger partial charge on any atom is 0.0180 e. The Labute approximate surface area is 74.6 Å². The summed E-state index contributed by atoms with van der Waals surface area (Å²) < 4.78 is 0. The highest BCUT2D eigenvalue weighted by Gasteiger charge is 1.97. The largest absolute Gasteiger partial charge is 0.326 e. The van der Waals surface area contributed by atoms with Crippen LogP contribution in [-0.2, 0) is 13.0 Å². The van der Waals surface area contributed by atoms with E-state index in [4.69, 9.17) is 5.73 Å². The third-order valence-electron chi connectivity index (χ3n) is 2.17. The number of rotatable bonds is 3. The Morgan fingerprint density at radius 1 is 1.33 bits per heavy atom. The monoisotopic (exact) mass is 163 g/mol. The van der Waals surface area contributed by atoms with Crippen molar-refractivity contribution in [2.45, 2.75) is 33.2 Å². The lowest BCUT2D eigenvalue weighted by molar-refractivity contribution is 0.913. The van der Waals surface area contributed by atoms with Crippen LogP contribution in [0.2, 0.25) is 0 Å². The second-order valence-corrected chi connectivity index (χ2v) is 3.21. The predicted molar refractivity (Wildman–Crippen MR) is 53.1 cm³/mol. The van der Waals surface area contributed by atoms with Crippen LogP contribution in [0.25, 0.3) is 0 Å². The van der Waals surface area contributed by atoms with Crippen molar-refractivity contribution >= 4 is 0 Å². The molecule has 0 fully saturated rings. The Hall–Kier alpha value is -0.820. The maximum atomic E-state index is 5.62. The van der Waals surface area contributed by atoms with Crippen LogP contribution >= 0.6 is 0 Å². The zero-order valence-corrected chi connectivity index (χ0v) is 7.93. The molecule has 0 saturated heterocycles.